The molecule has 4 nitrogen and oxygen atoms in total. The second kappa shape index (κ2) is 4.36. The zero-order valence-electron chi connectivity index (χ0n) is 6.82. The van der Waals surface area contributed by atoms with Crippen LogP contribution in [0.15, 0.2) is 23.1 Å². The Bertz CT molecular complexity index is 406. The maximum absolute atomic E-state index is 10.5. The molecule has 0 aromatic heterocycles. The molecule has 0 bridgehead atoms. The van der Waals surface area contributed by atoms with Crippen LogP contribution in [-0.2, 0) is 10.1 Å². The SMILES string of the molecule is Nc1cc(Cl)ccc1S(=O)(=O)[O-].[Li+]. The van der Waals surface area contributed by atoms with Gasteiger partial charge in [0.15, 0.2) is 0 Å². The molecule has 0 amide bonds. The third kappa shape index (κ3) is 3.22. The van der Waals surface area contributed by atoms with Crippen molar-refractivity contribution < 1.29 is 31.8 Å². The topological polar surface area (TPSA) is 83.2 Å². The predicted molar refractivity (Wildman–Crippen MR) is 43.8 cm³/mol. The molecule has 0 atom stereocenters. The van der Waals surface area contributed by atoms with Gasteiger partial charge in [-0.25, -0.2) is 8.42 Å². The second-order valence-electron chi connectivity index (χ2n) is 2.14. The van der Waals surface area contributed by atoms with E-state index in [1.165, 1.54) is 12.1 Å². The Labute approximate surface area is 93.0 Å². The van der Waals surface area contributed by atoms with E-state index in [9.17, 15) is 13.0 Å². The third-order valence-electron chi connectivity index (χ3n) is 1.24. The molecular weight excluding hydrogens is 209 g/mol. The second-order valence-corrected chi connectivity index (χ2v) is 3.92. The van der Waals surface area contributed by atoms with E-state index in [1.807, 2.05) is 0 Å². The number of anilines is 1. The largest absolute Gasteiger partial charge is 1.00 e. The van der Waals surface area contributed by atoms with Gasteiger partial charge in [0.2, 0.25) is 0 Å². The zero-order chi connectivity index (χ0) is 9.35. The van der Waals surface area contributed by atoms with Gasteiger partial charge in [-0.3, -0.25) is 0 Å². The number of halogens is 1. The summed E-state index contributed by atoms with van der Waals surface area (Å²) in [6.07, 6.45) is 0. The van der Waals surface area contributed by atoms with E-state index in [0.29, 0.717) is 5.02 Å². The van der Waals surface area contributed by atoms with Gasteiger partial charge in [0, 0.05) is 5.02 Å². The number of hydrogen-bond donors (Lipinski definition) is 1. The smallest absolute Gasteiger partial charge is 0.744 e. The number of rotatable bonds is 1. The van der Waals surface area contributed by atoms with Gasteiger partial charge < -0.3 is 10.3 Å². The fourth-order valence-corrected chi connectivity index (χ4v) is 1.51. The molecule has 0 saturated carbocycles. The quantitative estimate of drug-likeness (QED) is 0.327. The molecule has 1 aromatic rings. The molecule has 0 aliphatic rings. The van der Waals surface area contributed by atoms with Crippen molar-refractivity contribution in [2.75, 3.05) is 5.73 Å². The van der Waals surface area contributed by atoms with Crippen molar-refractivity contribution >= 4 is 27.4 Å². The molecule has 0 aliphatic carbocycles. The monoisotopic (exact) mass is 213 g/mol. The minimum atomic E-state index is -4.48. The van der Waals surface area contributed by atoms with Gasteiger partial charge in [0.25, 0.3) is 0 Å². The van der Waals surface area contributed by atoms with Crippen LogP contribution in [0.1, 0.15) is 0 Å². The summed E-state index contributed by atoms with van der Waals surface area (Å²) in [6, 6.07) is 3.59. The first-order chi connectivity index (χ1) is 5.41. The van der Waals surface area contributed by atoms with Crippen LogP contribution in [-0.4, -0.2) is 13.0 Å². The molecule has 66 valence electrons. The molecule has 0 saturated heterocycles. The first kappa shape index (κ1) is 12.8. The van der Waals surface area contributed by atoms with Crippen LogP contribution in [0.2, 0.25) is 5.02 Å². The Morgan fingerprint density at radius 3 is 2.31 bits per heavy atom. The van der Waals surface area contributed by atoms with E-state index < -0.39 is 15.0 Å². The average Bonchev–Trinajstić information content (AvgIpc) is 1.83. The molecule has 0 heterocycles. The first-order valence-corrected chi connectivity index (χ1v) is 4.71. The normalized spacial score (nSPS) is 10.6. The summed E-state index contributed by atoms with van der Waals surface area (Å²) in [4.78, 5) is -0.438. The summed E-state index contributed by atoms with van der Waals surface area (Å²) in [5, 5.41) is 0.292. The van der Waals surface area contributed by atoms with E-state index in [2.05, 4.69) is 0 Å². The van der Waals surface area contributed by atoms with Crippen LogP contribution in [0.25, 0.3) is 0 Å². The van der Waals surface area contributed by atoms with Crippen molar-refractivity contribution in [1.29, 1.82) is 0 Å². The number of hydrogen-bond acceptors (Lipinski definition) is 4. The summed E-state index contributed by atoms with van der Waals surface area (Å²) in [5.41, 5.74) is 5.12. The van der Waals surface area contributed by atoms with E-state index in [-0.39, 0.29) is 24.5 Å². The summed E-state index contributed by atoms with van der Waals surface area (Å²) in [5.74, 6) is 0. The van der Waals surface area contributed by atoms with Crippen molar-refractivity contribution in [3.63, 3.8) is 0 Å². The van der Waals surface area contributed by atoms with Gasteiger partial charge in [-0.15, -0.1) is 0 Å². The molecule has 0 fully saturated rings. The molecule has 13 heavy (non-hydrogen) atoms. The zero-order valence-corrected chi connectivity index (χ0v) is 8.39. The number of benzene rings is 1. The van der Waals surface area contributed by atoms with Crippen LogP contribution >= 0.6 is 11.6 Å². The van der Waals surface area contributed by atoms with E-state index in [4.69, 9.17) is 17.3 Å². The fourth-order valence-electron chi connectivity index (χ4n) is 0.747. The standard InChI is InChI=1S/C6H6ClNO3S.Li/c7-4-1-2-6(5(8)3-4)12(9,10)11;/h1-3H,8H2,(H,9,10,11);/q;+1/p-1. The van der Waals surface area contributed by atoms with Gasteiger partial charge in [-0.05, 0) is 18.2 Å². The predicted octanol–water partition coefficient (Wildman–Crippen LogP) is -2.17. The maximum atomic E-state index is 10.5. The van der Waals surface area contributed by atoms with E-state index >= 15 is 0 Å². The molecule has 0 radical (unpaired) electrons. The average molecular weight is 214 g/mol. The molecule has 0 spiro atoms. The van der Waals surface area contributed by atoms with Gasteiger partial charge in [0.1, 0.15) is 10.1 Å². The van der Waals surface area contributed by atoms with Crippen LogP contribution < -0.4 is 24.6 Å². The van der Waals surface area contributed by atoms with Crippen LogP contribution in [0.3, 0.4) is 0 Å². The van der Waals surface area contributed by atoms with E-state index in [0.717, 1.165) is 6.07 Å². The summed E-state index contributed by atoms with van der Waals surface area (Å²) >= 11 is 5.49. The molecule has 0 aliphatic heterocycles. The maximum Gasteiger partial charge on any atom is 1.00 e. The first-order valence-electron chi connectivity index (χ1n) is 2.92. The van der Waals surface area contributed by atoms with E-state index in [1.54, 1.807) is 0 Å². The number of nitrogens with two attached hydrogens (primary N) is 1. The van der Waals surface area contributed by atoms with Gasteiger partial charge >= 0.3 is 18.9 Å². The Morgan fingerprint density at radius 1 is 1.38 bits per heavy atom. The molecule has 1 rings (SSSR count). The van der Waals surface area contributed by atoms with Gasteiger partial charge in [-0.2, -0.15) is 0 Å². The minimum absolute atomic E-state index is 0. The third-order valence-corrected chi connectivity index (χ3v) is 2.39. The summed E-state index contributed by atoms with van der Waals surface area (Å²) in [7, 11) is -4.48. The Morgan fingerprint density at radius 2 is 1.92 bits per heavy atom. The van der Waals surface area contributed by atoms with Crippen molar-refractivity contribution in [1.82, 2.24) is 0 Å². The molecule has 2 N–H and O–H groups in total. The van der Waals surface area contributed by atoms with Crippen LogP contribution in [0, 0.1) is 0 Å². The Balaban J connectivity index is 0.00000144. The van der Waals surface area contributed by atoms with Crippen molar-refractivity contribution in [2.45, 2.75) is 4.90 Å². The van der Waals surface area contributed by atoms with Crippen molar-refractivity contribution in [3.05, 3.63) is 23.2 Å². The Kier molecular flexibility index (Phi) is 4.29. The molecule has 1 aromatic carbocycles. The van der Waals surface area contributed by atoms with Gasteiger partial charge in [-0.1, -0.05) is 11.6 Å². The van der Waals surface area contributed by atoms with Crippen LogP contribution in [0.5, 0.6) is 0 Å². The van der Waals surface area contributed by atoms with Crippen molar-refractivity contribution in [3.8, 4) is 0 Å². The summed E-state index contributed by atoms with van der Waals surface area (Å²) < 4.78 is 31.5. The van der Waals surface area contributed by atoms with Gasteiger partial charge in [0.05, 0.1) is 10.6 Å². The molecular formula is C6H5ClLiNO3S. The van der Waals surface area contributed by atoms with Crippen LogP contribution in [0.4, 0.5) is 5.69 Å². The fraction of sp³-hybridized carbons (Fsp3) is 0. The molecule has 0 unspecified atom stereocenters. The number of nitrogen functional groups attached to an aromatic ring is 1. The molecule has 7 heteroatoms. The summed E-state index contributed by atoms with van der Waals surface area (Å²) in [6.45, 7) is 0. The minimum Gasteiger partial charge on any atom is -0.744 e. The Hall–Kier alpha value is -0.183. The van der Waals surface area contributed by atoms with Crippen molar-refractivity contribution in [2.24, 2.45) is 0 Å².